The lowest BCUT2D eigenvalue weighted by molar-refractivity contribution is 0.321. The molecule has 0 amide bonds. The van der Waals surface area contributed by atoms with E-state index in [0.717, 1.165) is 55.2 Å². The van der Waals surface area contributed by atoms with E-state index in [4.69, 9.17) is 16.9 Å². The van der Waals surface area contributed by atoms with Crippen LogP contribution in [0.25, 0.3) is 54.9 Å². The molecule has 0 atom stereocenters. The normalized spacial score (nSPS) is 14.3. The fourth-order valence-electron chi connectivity index (χ4n) is 6.64. The van der Waals surface area contributed by atoms with E-state index in [9.17, 15) is 5.21 Å². The van der Waals surface area contributed by atoms with Gasteiger partial charge in [-0.25, -0.2) is 0 Å². The van der Waals surface area contributed by atoms with E-state index < -0.39 is 0 Å². The van der Waals surface area contributed by atoms with Crippen molar-refractivity contribution in [2.75, 3.05) is 24.7 Å². The van der Waals surface area contributed by atoms with Gasteiger partial charge in [-0.05, 0) is 56.3 Å². The second kappa shape index (κ2) is 11.9. The lowest BCUT2D eigenvalue weighted by Crippen LogP contribution is -2.30. The van der Waals surface area contributed by atoms with E-state index in [2.05, 4.69) is 64.3 Å². The molecule has 6 aromatic carbocycles. The zero-order chi connectivity index (χ0) is 32.7. The number of hydrogen-bond donors (Lipinski definition) is 6. The van der Waals surface area contributed by atoms with Crippen LogP contribution in [0.15, 0.2) is 138 Å². The van der Waals surface area contributed by atoms with Crippen LogP contribution in [0.1, 0.15) is 11.1 Å². The fraction of sp³-hybridized carbons (Fsp3) is 0.0500. The molecule has 0 aliphatic heterocycles. The van der Waals surface area contributed by atoms with E-state index in [-0.39, 0.29) is 22.8 Å². The quantitative estimate of drug-likeness (QED) is 0.0638. The number of fused-ring (bicyclic) bond motifs is 2. The van der Waals surface area contributed by atoms with Gasteiger partial charge in [-0.2, -0.15) is 0 Å². The van der Waals surface area contributed by atoms with Gasteiger partial charge in [0.25, 0.3) is 0 Å². The number of nitrogens with zero attached hydrogens (tertiary/aromatic N) is 1. The van der Waals surface area contributed by atoms with Gasteiger partial charge in [0, 0.05) is 47.4 Å². The Bertz CT molecular complexity index is 2300. The highest BCUT2D eigenvalue weighted by Gasteiger charge is 2.31. The van der Waals surface area contributed by atoms with E-state index in [1.807, 2.05) is 86.9 Å². The van der Waals surface area contributed by atoms with Crippen LogP contribution < -0.4 is 22.1 Å². The summed E-state index contributed by atoms with van der Waals surface area (Å²) in [5.74, 6) is 0. The minimum atomic E-state index is 0.00324. The van der Waals surface area contributed by atoms with Gasteiger partial charge in [-0.3, -0.25) is 5.41 Å². The number of oxime groups is 1. The zero-order valence-corrected chi connectivity index (χ0v) is 26.1. The molecule has 7 rings (SSSR count). The van der Waals surface area contributed by atoms with Crippen molar-refractivity contribution in [3.05, 3.63) is 144 Å². The Kier molecular flexibility index (Phi) is 7.42. The van der Waals surface area contributed by atoms with Gasteiger partial charge < -0.3 is 27.3 Å². The summed E-state index contributed by atoms with van der Waals surface area (Å²) in [6, 6.07) is 40.7. The van der Waals surface area contributed by atoms with E-state index in [1.54, 1.807) is 0 Å². The highest BCUT2D eigenvalue weighted by atomic mass is 16.4. The Hall–Kier alpha value is -6.34. The minimum absolute atomic E-state index is 0.00324. The van der Waals surface area contributed by atoms with E-state index >= 15 is 0 Å². The van der Waals surface area contributed by atoms with Crippen molar-refractivity contribution in [2.45, 2.75) is 0 Å². The highest BCUT2D eigenvalue weighted by molar-refractivity contribution is 6.69. The largest absolute Gasteiger partial charge is 0.410 e. The van der Waals surface area contributed by atoms with Crippen molar-refractivity contribution < 1.29 is 5.21 Å². The van der Waals surface area contributed by atoms with Gasteiger partial charge >= 0.3 is 0 Å². The van der Waals surface area contributed by atoms with Gasteiger partial charge in [0.15, 0.2) is 0 Å². The molecule has 7 nitrogen and oxygen atoms in total. The second-order valence-corrected chi connectivity index (χ2v) is 11.5. The van der Waals surface area contributed by atoms with Crippen molar-refractivity contribution >= 4 is 55.5 Å². The SMILES string of the molecule is CNc1ccc(-c2ccc(C3=C(N)C(N)=C(c4ccc(-c5ccc(NC)c6ccccc56)cc4)/C(=N/O)C3=N)cc2)c2ccccc12. The molecule has 0 heterocycles. The number of benzene rings is 6. The van der Waals surface area contributed by atoms with Crippen molar-refractivity contribution in [3.8, 4) is 22.3 Å². The average Bonchev–Trinajstić information content (AvgIpc) is 3.12. The number of nitrogens with one attached hydrogen (secondary N) is 3. The lowest BCUT2D eigenvalue weighted by Gasteiger charge is -2.24. The highest BCUT2D eigenvalue weighted by Crippen LogP contribution is 2.38. The number of hydrogen-bond acceptors (Lipinski definition) is 7. The topological polar surface area (TPSA) is 133 Å². The van der Waals surface area contributed by atoms with Crippen molar-refractivity contribution in [2.24, 2.45) is 16.6 Å². The molecule has 0 saturated carbocycles. The maximum absolute atomic E-state index is 10.2. The molecular weight excluding hydrogens is 580 g/mol. The third kappa shape index (κ3) is 4.85. The zero-order valence-electron chi connectivity index (χ0n) is 26.1. The molecule has 47 heavy (non-hydrogen) atoms. The molecule has 0 fully saturated rings. The summed E-state index contributed by atoms with van der Waals surface area (Å²) in [5.41, 5.74) is 22.6. The summed E-state index contributed by atoms with van der Waals surface area (Å²) in [7, 11) is 3.84. The summed E-state index contributed by atoms with van der Waals surface area (Å²) in [4.78, 5) is 0. The maximum Gasteiger partial charge on any atom is 0.138 e. The van der Waals surface area contributed by atoms with Gasteiger partial charge in [0.05, 0.1) is 17.1 Å². The van der Waals surface area contributed by atoms with Crippen molar-refractivity contribution in [3.63, 3.8) is 0 Å². The summed E-state index contributed by atoms with van der Waals surface area (Å²) in [6.07, 6.45) is 0. The molecule has 0 bridgehead atoms. The minimum Gasteiger partial charge on any atom is -0.410 e. The molecule has 230 valence electrons. The first-order valence-corrected chi connectivity index (χ1v) is 15.4. The average molecular weight is 615 g/mol. The van der Waals surface area contributed by atoms with Gasteiger partial charge in [-0.1, -0.05) is 114 Å². The Balaban J connectivity index is 1.26. The smallest absolute Gasteiger partial charge is 0.138 e. The van der Waals surface area contributed by atoms with Crippen LogP contribution in [-0.4, -0.2) is 30.7 Å². The molecule has 0 unspecified atom stereocenters. The van der Waals surface area contributed by atoms with Crippen LogP contribution in [0.4, 0.5) is 11.4 Å². The summed E-state index contributed by atoms with van der Waals surface area (Å²) in [5, 5.41) is 33.9. The van der Waals surface area contributed by atoms with Crippen LogP contribution in [0.5, 0.6) is 0 Å². The Morgan fingerprint density at radius 1 is 0.511 bits per heavy atom. The van der Waals surface area contributed by atoms with Gasteiger partial charge in [-0.15, -0.1) is 0 Å². The molecule has 1 aliphatic rings. The molecule has 7 heteroatoms. The molecule has 0 saturated heterocycles. The first-order valence-electron chi connectivity index (χ1n) is 15.4. The van der Waals surface area contributed by atoms with Gasteiger partial charge in [0.1, 0.15) is 5.71 Å². The van der Waals surface area contributed by atoms with E-state index in [0.29, 0.717) is 22.3 Å². The number of anilines is 2. The lowest BCUT2D eigenvalue weighted by atomic mass is 9.82. The Labute approximate surface area is 273 Å². The monoisotopic (exact) mass is 614 g/mol. The maximum atomic E-state index is 10.2. The third-order valence-corrected chi connectivity index (χ3v) is 9.01. The molecular formula is C40H34N6O. The molecule has 8 N–H and O–H groups in total. The molecule has 0 radical (unpaired) electrons. The van der Waals surface area contributed by atoms with Crippen LogP contribution in [0.2, 0.25) is 0 Å². The molecule has 0 spiro atoms. The Morgan fingerprint density at radius 2 is 0.894 bits per heavy atom. The number of nitrogens with two attached hydrogens (primary N) is 2. The summed E-state index contributed by atoms with van der Waals surface area (Å²) in [6.45, 7) is 0. The molecule has 1 aliphatic carbocycles. The van der Waals surface area contributed by atoms with Crippen LogP contribution in [0, 0.1) is 5.41 Å². The first-order chi connectivity index (χ1) is 22.9. The van der Waals surface area contributed by atoms with E-state index in [1.165, 1.54) is 0 Å². The summed E-state index contributed by atoms with van der Waals surface area (Å²) >= 11 is 0. The van der Waals surface area contributed by atoms with Crippen molar-refractivity contribution in [1.82, 2.24) is 0 Å². The third-order valence-electron chi connectivity index (χ3n) is 9.01. The fourth-order valence-corrected chi connectivity index (χ4v) is 6.64. The predicted octanol–water partition coefficient (Wildman–Crippen LogP) is 8.31. The van der Waals surface area contributed by atoms with Crippen LogP contribution >= 0.6 is 0 Å². The molecule has 6 aromatic rings. The predicted molar refractivity (Wildman–Crippen MR) is 197 cm³/mol. The van der Waals surface area contributed by atoms with Crippen LogP contribution in [-0.2, 0) is 0 Å². The van der Waals surface area contributed by atoms with Gasteiger partial charge in [0.2, 0.25) is 0 Å². The second-order valence-electron chi connectivity index (χ2n) is 11.5. The van der Waals surface area contributed by atoms with Crippen LogP contribution in [0.3, 0.4) is 0 Å². The van der Waals surface area contributed by atoms with Crippen molar-refractivity contribution in [1.29, 1.82) is 5.41 Å². The molecule has 0 aromatic heterocycles. The first kappa shape index (κ1) is 29.4. The Morgan fingerprint density at radius 3 is 1.32 bits per heavy atom. The number of rotatable bonds is 6. The number of allylic oxidation sites excluding steroid dienone is 2. The summed E-state index contributed by atoms with van der Waals surface area (Å²) < 4.78 is 0. The standard InChI is InChI=1S/C40H34N6O/c1-44-33-21-19-27(29-7-3-5-9-31(29)33)23-11-15-25(16-12-23)35-37(41)38(42)36(40(46-47)39(35)43)26-17-13-24(14-18-26)28-20-22-34(45-2)32-10-6-4-8-30(28)32/h3-22,43-45,47H,41-42H2,1-2H3/b43-39?,46-40-.